The highest BCUT2D eigenvalue weighted by molar-refractivity contribution is 9.11. The van der Waals surface area contributed by atoms with Gasteiger partial charge in [0, 0.05) is 11.3 Å². The molecule has 0 N–H and O–H groups in total. The number of rotatable bonds is 3. The summed E-state index contributed by atoms with van der Waals surface area (Å²) < 4.78 is 1.76. The molecule has 0 atom stereocenters. The quantitative estimate of drug-likeness (QED) is 0.725. The third-order valence-electron chi connectivity index (χ3n) is 2.10. The number of Topliss-reactive ketones (excluding diaryl/α,β-unsaturated/α-hetero) is 1. The number of carbonyl (C=O) groups is 1. The predicted molar refractivity (Wildman–Crippen MR) is 74.1 cm³/mol. The Balaban J connectivity index is 2.14. The van der Waals surface area contributed by atoms with E-state index >= 15 is 0 Å². The first-order valence-electron chi connectivity index (χ1n) is 4.59. The highest BCUT2D eigenvalue weighted by Gasteiger charge is 2.12. The number of hydrogen-bond donors (Lipinski definition) is 0. The lowest BCUT2D eigenvalue weighted by atomic mass is 10.2. The molecule has 0 aliphatic carbocycles. The number of aryl methyl sites for hydroxylation is 1. The third kappa shape index (κ3) is 2.74. The van der Waals surface area contributed by atoms with Crippen LogP contribution in [0.4, 0.5) is 0 Å². The van der Waals surface area contributed by atoms with E-state index in [0.29, 0.717) is 6.42 Å². The van der Waals surface area contributed by atoms with Crippen molar-refractivity contribution in [1.29, 1.82) is 0 Å². The van der Waals surface area contributed by atoms with E-state index in [9.17, 15) is 4.79 Å². The monoisotopic (exact) mass is 334 g/mol. The van der Waals surface area contributed by atoms with Gasteiger partial charge in [-0.05, 0) is 46.6 Å². The van der Waals surface area contributed by atoms with Crippen molar-refractivity contribution in [2.24, 2.45) is 0 Å². The van der Waals surface area contributed by atoms with Gasteiger partial charge in [0.1, 0.15) is 0 Å². The Hall–Kier alpha value is -0.160. The van der Waals surface area contributed by atoms with E-state index in [1.807, 2.05) is 25.1 Å². The molecule has 2 aromatic heterocycles. The molecule has 0 unspecified atom stereocenters. The van der Waals surface area contributed by atoms with E-state index in [-0.39, 0.29) is 5.78 Å². The Bertz CT molecular complexity index is 510. The van der Waals surface area contributed by atoms with Crippen LogP contribution in [0.15, 0.2) is 22.0 Å². The van der Waals surface area contributed by atoms with E-state index in [0.717, 1.165) is 23.4 Å². The first-order valence-corrected chi connectivity index (χ1v) is 7.40. The van der Waals surface area contributed by atoms with Crippen molar-refractivity contribution in [3.63, 3.8) is 0 Å². The van der Waals surface area contributed by atoms with Crippen molar-refractivity contribution in [1.82, 2.24) is 0 Å². The number of thiophene rings is 2. The van der Waals surface area contributed by atoms with E-state index in [4.69, 9.17) is 11.6 Å². The lowest BCUT2D eigenvalue weighted by Gasteiger charge is -1.93. The zero-order chi connectivity index (χ0) is 11.7. The van der Waals surface area contributed by atoms with Crippen molar-refractivity contribution in [3.8, 4) is 0 Å². The van der Waals surface area contributed by atoms with Crippen LogP contribution in [0.2, 0.25) is 4.34 Å². The molecular weight excluding hydrogens is 328 g/mol. The van der Waals surface area contributed by atoms with Crippen molar-refractivity contribution in [2.75, 3.05) is 0 Å². The number of carbonyl (C=O) groups excluding carboxylic acids is 1. The lowest BCUT2D eigenvalue weighted by Crippen LogP contribution is -1.98. The normalized spacial score (nSPS) is 10.7. The molecule has 84 valence electrons. The number of ketones is 1. The van der Waals surface area contributed by atoms with Crippen LogP contribution in [0.25, 0.3) is 0 Å². The fourth-order valence-corrected chi connectivity index (χ4v) is 3.85. The molecule has 0 radical (unpaired) electrons. The van der Waals surface area contributed by atoms with E-state index in [1.165, 1.54) is 22.7 Å². The van der Waals surface area contributed by atoms with Crippen molar-refractivity contribution in [3.05, 3.63) is 41.6 Å². The van der Waals surface area contributed by atoms with Crippen LogP contribution in [0.3, 0.4) is 0 Å². The summed E-state index contributed by atoms with van der Waals surface area (Å²) in [4.78, 5) is 13.8. The zero-order valence-corrected chi connectivity index (χ0v) is 12.4. The fourth-order valence-electron chi connectivity index (χ4n) is 1.29. The molecule has 0 aromatic carbocycles. The van der Waals surface area contributed by atoms with Gasteiger partial charge in [-0.1, -0.05) is 11.6 Å². The maximum Gasteiger partial charge on any atom is 0.178 e. The summed E-state index contributed by atoms with van der Waals surface area (Å²) in [5.41, 5.74) is 1.11. The Labute approximate surface area is 115 Å². The van der Waals surface area contributed by atoms with Crippen LogP contribution in [-0.2, 0) is 6.42 Å². The van der Waals surface area contributed by atoms with Crippen LogP contribution >= 0.6 is 50.2 Å². The number of hydrogen-bond acceptors (Lipinski definition) is 3. The minimum Gasteiger partial charge on any atom is -0.293 e. The highest BCUT2D eigenvalue weighted by Crippen LogP contribution is 2.29. The van der Waals surface area contributed by atoms with Crippen LogP contribution in [-0.4, -0.2) is 5.78 Å². The standard InChI is InChI=1S/C11H8BrClOS2/c1-6-4-9(16-11(6)12)8(14)5-7-2-3-10(13)15-7/h2-4H,5H2,1H3. The Morgan fingerprint density at radius 1 is 1.44 bits per heavy atom. The molecule has 0 aliphatic heterocycles. The van der Waals surface area contributed by atoms with Gasteiger partial charge in [-0.25, -0.2) is 0 Å². The molecule has 2 aromatic rings. The molecular formula is C11H8BrClOS2. The van der Waals surface area contributed by atoms with Gasteiger partial charge in [0.05, 0.1) is 13.0 Å². The Kier molecular flexibility index (Phi) is 3.85. The van der Waals surface area contributed by atoms with Crippen LogP contribution in [0.1, 0.15) is 20.1 Å². The maximum atomic E-state index is 11.9. The minimum atomic E-state index is 0.150. The van der Waals surface area contributed by atoms with Crippen LogP contribution in [0, 0.1) is 6.92 Å². The molecule has 1 nitrogen and oxygen atoms in total. The molecule has 5 heteroatoms. The smallest absolute Gasteiger partial charge is 0.178 e. The minimum absolute atomic E-state index is 0.150. The lowest BCUT2D eigenvalue weighted by molar-refractivity contribution is 0.0997. The van der Waals surface area contributed by atoms with Gasteiger partial charge in [0.25, 0.3) is 0 Å². The van der Waals surface area contributed by atoms with Crippen molar-refractivity contribution in [2.45, 2.75) is 13.3 Å². The first-order chi connectivity index (χ1) is 7.56. The highest BCUT2D eigenvalue weighted by atomic mass is 79.9. The van der Waals surface area contributed by atoms with Gasteiger partial charge in [0.15, 0.2) is 5.78 Å². The summed E-state index contributed by atoms with van der Waals surface area (Å²) in [6, 6.07) is 5.65. The molecule has 0 amide bonds. The molecule has 0 aliphatic rings. The topological polar surface area (TPSA) is 17.1 Å². The molecule has 16 heavy (non-hydrogen) atoms. The summed E-state index contributed by atoms with van der Waals surface area (Å²) in [5.74, 6) is 0.150. The second kappa shape index (κ2) is 5.00. The first kappa shape index (κ1) is 12.3. The molecule has 2 heterocycles. The fraction of sp³-hybridized carbons (Fsp3) is 0.182. The molecule has 2 rings (SSSR count). The van der Waals surface area contributed by atoms with Gasteiger partial charge in [-0.3, -0.25) is 4.79 Å². The largest absolute Gasteiger partial charge is 0.293 e. The molecule has 0 bridgehead atoms. The summed E-state index contributed by atoms with van der Waals surface area (Å²) in [6.45, 7) is 1.99. The van der Waals surface area contributed by atoms with Gasteiger partial charge in [-0.15, -0.1) is 22.7 Å². The summed E-state index contributed by atoms with van der Waals surface area (Å²) in [5, 5.41) is 0. The Morgan fingerprint density at radius 3 is 2.69 bits per heavy atom. The van der Waals surface area contributed by atoms with E-state index < -0.39 is 0 Å². The third-order valence-corrected chi connectivity index (χ3v) is 5.50. The van der Waals surface area contributed by atoms with Gasteiger partial charge >= 0.3 is 0 Å². The number of halogens is 2. The van der Waals surface area contributed by atoms with E-state index in [1.54, 1.807) is 0 Å². The van der Waals surface area contributed by atoms with Crippen molar-refractivity contribution >= 4 is 56.0 Å². The second-order valence-corrected chi connectivity index (χ2v) is 7.54. The maximum absolute atomic E-state index is 11.9. The molecule has 0 fully saturated rings. The molecule has 0 spiro atoms. The van der Waals surface area contributed by atoms with E-state index in [2.05, 4.69) is 15.9 Å². The van der Waals surface area contributed by atoms with Crippen LogP contribution < -0.4 is 0 Å². The Morgan fingerprint density at radius 2 is 2.19 bits per heavy atom. The summed E-state index contributed by atoms with van der Waals surface area (Å²) in [7, 11) is 0. The second-order valence-electron chi connectivity index (χ2n) is 3.37. The van der Waals surface area contributed by atoms with Gasteiger partial charge < -0.3 is 0 Å². The summed E-state index contributed by atoms with van der Waals surface area (Å²) in [6.07, 6.45) is 0.434. The SMILES string of the molecule is Cc1cc(C(=O)Cc2ccc(Cl)s2)sc1Br. The molecule has 0 saturated heterocycles. The predicted octanol–water partition coefficient (Wildman–Crippen LogP) is 4.96. The van der Waals surface area contributed by atoms with Gasteiger partial charge in [0.2, 0.25) is 0 Å². The van der Waals surface area contributed by atoms with Crippen LogP contribution in [0.5, 0.6) is 0 Å². The molecule has 0 saturated carbocycles. The van der Waals surface area contributed by atoms with Crippen molar-refractivity contribution < 1.29 is 4.79 Å². The average Bonchev–Trinajstić information content (AvgIpc) is 2.75. The van der Waals surface area contributed by atoms with Gasteiger partial charge in [-0.2, -0.15) is 0 Å². The average molecular weight is 336 g/mol. The zero-order valence-electron chi connectivity index (χ0n) is 8.42. The summed E-state index contributed by atoms with van der Waals surface area (Å²) >= 11 is 12.2.